The lowest BCUT2D eigenvalue weighted by atomic mass is 10.1. The van der Waals surface area contributed by atoms with Crippen molar-refractivity contribution in [3.8, 4) is 0 Å². The Bertz CT molecular complexity index is 382. The monoisotopic (exact) mass is 235 g/mol. The number of nitrogens with one attached hydrogen (secondary N) is 1. The summed E-state index contributed by atoms with van der Waals surface area (Å²) in [5.41, 5.74) is 7.14. The Kier molecular flexibility index (Phi) is 3.84. The van der Waals surface area contributed by atoms with Gasteiger partial charge in [-0.3, -0.25) is 4.79 Å². The van der Waals surface area contributed by atoms with Crippen LogP contribution in [0.3, 0.4) is 0 Å². The third-order valence-electron chi connectivity index (χ3n) is 3.07. The number of nitrogens with two attached hydrogens (primary N) is 1. The van der Waals surface area contributed by atoms with Gasteiger partial charge in [0.15, 0.2) is 0 Å². The van der Waals surface area contributed by atoms with Gasteiger partial charge < -0.3 is 15.6 Å². The molecule has 1 aromatic heterocycles. The van der Waals surface area contributed by atoms with Gasteiger partial charge in [-0.15, -0.1) is 0 Å². The quantitative estimate of drug-likeness (QED) is 0.786. The number of carbonyl (C=O) groups excluding carboxylic acids is 1. The zero-order chi connectivity index (χ0) is 12.3. The van der Waals surface area contributed by atoms with Crippen molar-refractivity contribution in [1.82, 2.24) is 9.88 Å². The highest BCUT2D eigenvalue weighted by Crippen LogP contribution is 2.19. The zero-order valence-electron chi connectivity index (χ0n) is 10.4. The number of carbonyl (C=O) groups is 1. The minimum absolute atomic E-state index is 0.0905. The van der Waals surface area contributed by atoms with Gasteiger partial charge in [-0.1, -0.05) is 13.3 Å². The Balaban J connectivity index is 1.86. The van der Waals surface area contributed by atoms with Crippen LogP contribution in [-0.2, 0) is 11.3 Å². The highest BCUT2D eigenvalue weighted by molar-refractivity contribution is 5.76. The van der Waals surface area contributed by atoms with Crippen molar-refractivity contribution in [2.75, 3.05) is 0 Å². The SMILES string of the molecule is CCCC(N)c1ccn(CC(=O)NC2CC2)c1. The van der Waals surface area contributed by atoms with E-state index in [0.29, 0.717) is 12.6 Å². The first-order valence-corrected chi connectivity index (χ1v) is 6.39. The van der Waals surface area contributed by atoms with Crippen molar-refractivity contribution in [3.05, 3.63) is 24.0 Å². The second kappa shape index (κ2) is 5.36. The van der Waals surface area contributed by atoms with Crippen LogP contribution in [0.1, 0.15) is 44.2 Å². The summed E-state index contributed by atoms with van der Waals surface area (Å²) in [6, 6.07) is 2.53. The zero-order valence-corrected chi connectivity index (χ0v) is 10.4. The number of aromatic nitrogens is 1. The molecular weight excluding hydrogens is 214 g/mol. The molecule has 3 N–H and O–H groups in total. The summed E-state index contributed by atoms with van der Waals surface area (Å²) < 4.78 is 1.91. The van der Waals surface area contributed by atoms with Crippen molar-refractivity contribution in [3.63, 3.8) is 0 Å². The fourth-order valence-electron chi connectivity index (χ4n) is 1.92. The van der Waals surface area contributed by atoms with E-state index in [1.54, 1.807) is 0 Å². The van der Waals surface area contributed by atoms with Crippen molar-refractivity contribution in [1.29, 1.82) is 0 Å². The van der Waals surface area contributed by atoms with Crippen molar-refractivity contribution in [2.24, 2.45) is 5.73 Å². The second-order valence-corrected chi connectivity index (χ2v) is 4.85. The van der Waals surface area contributed by atoms with E-state index in [9.17, 15) is 4.79 Å². The molecule has 0 spiro atoms. The van der Waals surface area contributed by atoms with Gasteiger partial charge in [-0.2, -0.15) is 0 Å². The van der Waals surface area contributed by atoms with Crippen LogP contribution in [-0.4, -0.2) is 16.5 Å². The summed E-state index contributed by atoms with van der Waals surface area (Å²) >= 11 is 0. The van der Waals surface area contributed by atoms with Crippen LogP contribution in [0.4, 0.5) is 0 Å². The molecule has 1 aliphatic rings. The molecule has 1 aromatic rings. The molecule has 0 aromatic carbocycles. The maximum absolute atomic E-state index is 11.6. The average Bonchev–Trinajstić information content (AvgIpc) is 2.95. The molecule has 2 rings (SSSR count). The topological polar surface area (TPSA) is 60.0 Å². The van der Waals surface area contributed by atoms with Gasteiger partial charge in [-0.25, -0.2) is 0 Å². The number of rotatable bonds is 6. The molecule has 4 heteroatoms. The largest absolute Gasteiger partial charge is 0.352 e. The maximum Gasteiger partial charge on any atom is 0.240 e. The number of hydrogen-bond donors (Lipinski definition) is 2. The normalized spacial score (nSPS) is 16.8. The predicted molar refractivity (Wildman–Crippen MR) is 67.4 cm³/mol. The first kappa shape index (κ1) is 12.2. The molecule has 94 valence electrons. The average molecular weight is 235 g/mol. The number of nitrogens with zero attached hydrogens (tertiary/aromatic N) is 1. The van der Waals surface area contributed by atoms with Gasteiger partial charge in [0.1, 0.15) is 6.54 Å². The molecule has 0 bridgehead atoms. The molecule has 1 heterocycles. The first-order valence-electron chi connectivity index (χ1n) is 6.39. The van der Waals surface area contributed by atoms with Gasteiger partial charge in [0.2, 0.25) is 5.91 Å². The van der Waals surface area contributed by atoms with E-state index in [2.05, 4.69) is 12.2 Å². The highest BCUT2D eigenvalue weighted by Gasteiger charge is 2.23. The van der Waals surface area contributed by atoms with E-state index in [-0.39, 0.29) is 11.9 Å². The first-order chi connectivity index (χ1) is 8.19. The Morgan fingerprint density at radius 3 is 3.06 bits per heavy atom. The fraction of sp³-hybridized carbons (Fsp3) is 0.615. The van der Waals surface area contributed by atoms with Gasteiger partial charge >= 0.3 is 0 Å². The van der Waals surface area contributed by atoms with E-state index < -0.39 is 0 Å². The molecule has 1 fully saturated rings. The third kappa shape index (κ3) is 3.60. The number of amides is 1. The Morgan fingerprint density at radius 2 is 2.41 bits per heavy atom. The molecule has 4 nitrogen and oxygen atoms in total. The third-order valence-corrected chi connectivity index (χ3v) is 3.07. The standard InChI is InChI=1S/C13H21N3O/c1-2-3-12(14)10-6-7-16(8-10)9-13(17)15-11-4-5-11/h6-8,11-12H,2-5,9,14H2,1H3,(H,15,17). The van der Waals surface area contributed by atoms with E-state index in [0.717, 1.165) is 31.2 Å². The van der Waals surface area contributed by atoms with Crippen LogP contribution in [0, 0.1) is 0 Å². The lowest BCUT2D eigenvalue weighted by molar-refractivity contribution is -0.121. The van der Waals surface area contributed by atoms with Crippen LogP contribution in [0.25, 0.3) is 0 Å². The molecular formula is C13H21N3O. The van der Waals surface area contributed by atoms with Gasteiger partial charge in [0.05, 0.1) is 0 Å². The number of hydrogen-bond acceptors (Lipinski definition) is 2. The van der Waals surface area contributed by atoms with E-state index in [1.807, 2.05) is 23.0 Å². The van der Waals surface area contributed by atoms with Crippen LogP contribution < -0.4 is 11.1 Å². The Morgan fingerprint density at radius 1 is 1.65 bits per heavy atom. The van der Waals surface area contributed by atoms with E-state index in [1.165, 1.54) is 0 Å². The minimum atomic E-state index is 0.0905. The van der Waals surface area contributed by atoms with Crippen LogP contribution in [0.2, 0.25) is 0 Å². The molecule has 17 heavy (non-hydrogen) atoms. The molecule has 0 saturated heterocycles. The van der Waals surface area contributed by atoms with E-state index >= 15 is 0 Å². The molecule has 0 aliphatic heterocycles. The summed E-state index contributed by atoms with van der Waals surface area (Å²) in [5.74, 6) is 0.0960. The van der Waals surface area contributed by atoms with Gasteiger partial charge in [0, 0.05) is 24.5 Å². The minimum Gasteiger partial charge on any atom is -0.352 e. The van der Waals surface area contributed by atoms with Crippen LogP contribution in [0.15, 0.2) is 18.5 Å². The second-order valence-electron chi connectivity index (χ2n) is 4.85. The van der Waals surface area contributed by atoms with Gasteiger partial charge in [-0.05, 0) is 30.9 Å². The fourth-order valence-corrected chi connectivity index (χ4v) is 1.92. The predicted octanol–water partition coefficient (Wildman–Crippen LogP) is 1.57. The molecule has 1 amide bonds. The summed E-state index contributed by atoms with van der Waals surface area (Å²) in [4.78, 5) is 11.6. The summed E-state index contributed by atoms with van der Waals surface area (Å²) in [6.45, 7) is 2.52. The van der Waals surface area contributed by atoms with Crippen molar-refractivity contribution in [2.45, 2.75) is 51.2 Å². The molecule has 0 radical (unpaired) electrons. The Hall–Kier alpha value is -1.29. The van der Waals surface area contributed by atoms with Gasteiger partial charge in [0.25, 0.3) is 0 Å². The summed E-state index contributed by atoms with van der Waals surface area (Å²) in [5, 5.41) is 2.97. The highest BCUT2D eigenvalue weighted by atomic mass is 16.2. The van der Waals surface area contributed by atoms with Crippen LogP contribution in [0.5, 0.6) is 0 Å². The molecule has 1 saturated carbocycles. The Labute approximate surface area is 102 Å². The lowest BCUT2D eigenvalue weighted by Crippen LogP contribution is -2.28. The smallest absolute Gasteiger partial charge is 0.240 e. The van der Waals surface area contributed by atoms with Crippen molar-refractivity contribution >= 4 is 5.91 Å². The maximum atomic E-state index is 11.6. The van der Waals surface area contributed by atoms with Crippen molar-refractivity contribution < 1.29 is 4.79 Å². The summed E-state index contributed by atoms with van der Waals surface area (Å²) in [6.07, 6.45) is 8.23. The molecule has 1 atom stereocenters. The summed E-state index contributed by atoms with van der Waals surface area (Å²) in [7, 11) is 0. The van der Waals surface area contributed by atoms with Crippen LogP contribution >= 0.6 is 0 Å². The molecule has 1 aliphatic carbocycles. The molecule has 1 unspecified atom stereocenters. The lowest BCUT2D eigenvalue weighted by Gasteiger charge is -2.07. The van der Waals surface area contributed by atoms with E-state index in [4.69, 9.17) is 5.73 Å².